The molecule has 25 heavy (non-hydrogen) atoms. The second-order valence-electron chi connectivity index (χ2n) is 6.59. The van der Waals surface area contributed by atoms with E-state index in [4.69, 9.17) is 23.7 Å². The molecule has 150 valence electrons. The third-order valence-corrected chi connectivity index (χ3v) is 4.36. The first kappa shape index (κ1) is 22.8. The normalized spacial score (nSPS) is 29.9. The summed E-state index contributed by atoms with van der Waals surface area (Å²) >= 11 is 0. The zero-order valence-electron chi connectivity index (χ0n) is 16.4. The lowest BCUT2D eigenvalue weighted by atomic mass is 9.98. The van der Waals surface area contributed by atoms with Crippen molar-refractivity contribution in [3.63, 3.8) is 0 Å². The van der Waals surface area contributed by atoms with Crippen LogP contribution in [-0.4, -0.2) is 69.3 Å². The van der Waals surface area contributed by atoms with Crippen molar-refractivity contribution >= 4 is 0 Å². The maximum absolute atomic E-state index is 10.4. The Hall–Kier alpha value is -0.240. The van der Waals surface area contributed by atoms with Crippen molar-refractivity contribution in [2.45, 2.75) is 90.0 Å². The molecular weight excluding hydrogens is 324 g/mol. The smallest absolute Gasteiger partial charge is 0.184 e. The summed E-state index contributed by atoms with van der Waals surface area (Å²) < 4.78 is 29.1. The Balaban J connectivity index is 2.84. The number of hydrogen-bond donors (Lipinski definition) is 1. The first-order chi connectivity index (χ1) is 12.2. The van der Waals surface area contributed by atoms with Crippen LogP contribution in [0.5, 0.6) is 0 Å². The minimum absolute atomic E-state index is 0.307. The summed E-state index contributed by atoms with van der Waals surface area (Å²) in [5, 5.41) is 10.4. The van der Waals surface area contributed by atoms with Gasteiger partial charge in [0.2, 0.25) is 0 Å². The second-order valence-corrected chi connectivity index (χ2v) is 6.59. The van der Waals surface area contributed by atoms with Gasteiger partial charge in [-0.25, -0.2) is 0 Å². The van der Waals surface area contributed by atoms with Gasteiger partial charge in [0, 0.05) is 26.9 Å². The van der Waals surface area contributed by atoms with Crippen LogP contribution in [0, 0.1) is 0 Å². The van der Waals surface area contributed by atoms with E-state index in [1.807, 2.05) is 0 Å². The van der Waals surface area contributed by atoms with E-state index in [2.05, 4.69) is 20.8 Å². The summed E-state index contributed by atoms with van der Waals surface area (Å²) in [5.74, 6) is 0. The molecule has 0 spiro atoms. The van der Waals surface area contributed by atoms with Gasteiger partial charge in [-0.1, -0.05) is 40.0 Å². The Morgan fingerprint density at radius 1 is 0.760 bits per heavy atom. The highest BCUT2D eigenvalue weighted by atomic mass is 16.7. The molecule has 0 amide bonds. The predicted octanol–water partition coefficient (Wildman–Crippen LogP) is 2.91. The van der Waals surface area contributed by atoms with E-state index in [0.29, 0.717) is 26.4 Å². The summed E-state index contributed by atoms with van der Waals surface area (Å²) in [7, 11) is 1.62. The van der Waals surface area contributed by atoms with Crippen molar-refractivity contribution in [2.24, 2.45) is 0 Å². The van der Waals surface area contributed by atoms with E-state index in [0.717, 1.165) is 38.5 Å². The fourth-order valence-corrected chi connectivity index (χ4v) is 2.85. The molecule has 0 aromatic heterocycles. The van der Waals surface area contributed by atoms with E-state index in [-0.39, 0.29) is 18.3 Å². The first-order valence-corrected chi connectivity index (χ1v) is 9.86. The Kier molecular flexibility index (Phi) is 12.7. The average Bonchev–Trinajstić information content (AvgIpc) is 2.60. The zero-order chi connectivity index (χ0) is 18.5. The summed E-state index contributed by atoms with van der Waals surface area (Å²) in [4.78, 5) is 0. The number of unbranched alkanes of at least 4 members (excludes halogenated alkanes) is 3. The molecular formula is C19H38O6. The fraction of sp³-hybridized carbons (Fsp3) is 1.00. The number of ether oxygens (including phenoxy) is 5. The lowest BCUT2D eigenvalue weighted by molar-refractivity contribution is -0.311. The monoisotopic (exact) mass is 362 g/mol. The zero-order valence-corrected chi connectivity index (χ0v) is 16.4. The van der Waals surface area contributed by atoms with Gasteiger partial charge in [-0.05, 0) is 19.3 Å². The third kappa shape index (κ3) is 7.89. The van der Waals surface area contributed by atoms with Gasteiger partial charge in [-0.15, -0.1) is 0 Å². The highest BCUT2D eigenvalue weighted by Gasteiger charge is 2.47. The van der Waals surface area contributed by atoms with Crippen LogP contribution in [0.1, 0.15) is 59.3 Å². The van der Waals surface area contributed by atoms with Crippen LogP contribution in [0.15, 0.2) is 0 Å². The van der Waals surface area contributed by atoms with E-state index in [1.165, 1.54) is 0 Å². The summed E-state index contributed by atoms with van der Waals surface area (Å²) in [6.07, 6.45) is 3.42. The van der Waals surface area contributed by atoms with Gasteiger partial charge < -0.3 is 28.8 Å². The topological polar surface area (TPSA) is 66.4 Å². The molecule has 2 unspecified atom stereocenters. The molecule has 0 bridgehead atoms. The number of aliphatic hydroxyl groups excluding tert-OH is 1. The molecule has 1 fully saturated rings. The van der Waals surface area contributed by atoms with Gasteiger partial charge in [0.05, 0.1) is 6.61 Å². The van der Waals surface area contributed by atoms with Crippen molar-refractivity contribution in [1.82, 2.24) is 0 Å². The second kappa shape index (κ2) is 13.9. The molecule has 6 heteroatoms. The highest BCUT2D eigenvalue weighted by Crippen LogP contribution is 2.28. The number of aliphatic hydroxyl groups is 1. The largest absolute Gasteiger partial charge is 0.382 e. The SMILES string of the molecule is CCCCOC1[C@@H](OCCCC)[C@@H](OCCCC)C(COC)O[C@@H]1O. The standard InChI is InChI=1S/C19H38O6/c1-5-8-11-22-16-15(14-21-4)25-19(20)18(24-13-10-7-3)17(16)23-12-9-6-2/h15-20H,5-14H2,1-4H3/t15?,16-,17-,18?,19-/m0/s1. The van der Waals surface area contributed by atoms with Crippen molar-refractivity contribution in [1.29, 1.82) is 0 Å². The first-order valence-electron chi connectivity index (χ1n) is 9.86. The minimum atomic E-state index is -1.03. The Morgan fingerprint density at radius 2 is 1.24 bits per heavy atom. The Morgan fingerprint density at radius 3 is 1.72 bits per heavy atom. The molecule has 1 heterocycles. The number of rotatable bonds is 14. The molecule has 1 rings (SSSR count). The lowest BCUT2D eigenvalue weighted by Gasteiger charge is -2.44. The lowest BCUT2D eigenvalue weighted by Crippen LogP contribution is -2.61. The van der Waals surface area contributed by atoms with Crippen LogP contribution in [0.4, 0.5) is 0 Å². The molecule has 5 atom stereocenters. The predicted molar refractivity (Wildman–Crippen MR) is 96.7 cm³/mol. The molecule has 1 N–H and O–H groups in total. The van der Waals surface area contributed by atoms with Gasteiger partial charge in [-0.2, -0.15) is 0 Å². The Bertz CT molecular complexity index is 314. The van der Waals surface area contributed by atoms with E-state index < -0.39 is 12.4 Å². The molecule has 1 aliphatic heterocycles. The molecule has 0 aromatic carbocycles. The molecule has 1 aliphatic rings. The van der Waals surface area contributed by atoms with Crippen LogP contribution in [0.25, 0.3) is 0 Å². The van der Waals surface area contributed by atoms with Gasteiger partial charge in [0.1, 0.15) is 24.4 Å². The minimum Gasteiger partial charge on any atom is -0.382 e. The van der Waals surface area contributed by atoms with Crippen molar-refractivity contribution < 1.29 is 28.8 Å². The maximum atomic E-state index is 10.4. The van der Waals surface area contributed by atoms with Crippen molar-refractivity contribution in [3.8, 4) is 0 Å². The fourth-order valence-electron chi connectivity index (χ4n) is 2.85. The van der Waals surface area contributed by atoms with Crippen molar-refractivity contribution in [3.05, 3.63) is 0 Å². The van der Waals surface area contributed by atoms with Crippen LogP contribution < -0.4 is 0 Å². The van der Waals surface area contributed by atoms with E-state index >= 15 is 0 Å². The van der Waals surface area contributed by atoms with Crippen molar-refractivity contribution in [2.75, 3.05) is 33.5 Å². The molecule has 0 aliphatic carbocycles. The van der Waals surface area contributed by atoms with Crippen LogP contribution in [0.2, 0.25) is 0 Å². The van der Waals surface area contributed by atoms with Gasteiger partial charge >= 0.3 is 0 Å². The maximum Gasteiger partial charge on any atom is 0.184 e. The quantitative estimate of drug-likeness (QED) is 0.479. The summed E-state index contributed by atoms with van der Waals surface area (Å²) in [5.41, 5.74) is 0. The number of methoxy groups -OCH3 is 1. The molecule has 6 nitrogen and oxygen atoms in total. The van der Waals surface area contributed by atoms with Gasteiger partial charge in [-0.3, -0.25) is 0 Å². The molecule has 0 saturated carbocycles. The van der Waals surface area contributed by atoms with E-state index in [9.17, 15) is 5.11 Å². The molecule has 0 aromatic rings. The summed E-state index contributed by atoms with van der Waals surface area (Å²) in [6, 6.07) is 0. The van der Waals surface area contributed by atoms with Crippen LogP contribution in [-0.2, 0) is 23.7 Å². The van der Waals surface area contributed by atoms with Crippen LogP contribution in [0.3, 0.4) is 0 Å². The Labute approximate surface area is 153 Å². The third-order valence-electron chi connectivity index (χ3n) is 4.36. The molecule has 0 radical (unpaired) electrons. The average molecular weight is 363 g/mol. The van der Waals surface area contributed by atoms with Crippen LogP contribution >= 0.6 is 0 Å². The van der Waals surface area contributed by atoms with Gasteiger partial charge in [0.15, 0.2) is 6.29 Å². The van der Waals surface area contributed by atoms with Gasteiger partial charge in [0.25, 0.3) is 0 Å². The molecule has 1 saturated heterocycles. The van der Waals surface area contributed by atoms with E-state index in [1.54, 1.807) is 7.11 Å². The summed E-state index contributed by atoms with van der Waals surface area (Å²) in [6.45, 7) is 8.54. The number of hydrogen-bond acceptors (Lipinski definition) is 6. The highest BCUT2D eigenvalue weighted by molar-refractivity contribution is 4.92.